The predicted molar refractivity (Wildman–Crippen MR) is 223 cm³/mol. The molecule has 0 amide bonds. The molecule has 1 aliphatic heterocycles. The lowest BCUT2D eigenvalue weighted by molar-refractivity contribution is 0.723. The molecule has 0 saturated carbocycles. The second-order valence-electron chi connectivity index (χ2n) is 14.1. The standard InChI is InChI=1S/C50H33N3S/c51-36-28-26-33(27-29-36)40-30-35(32-22-24-34(25-23-32)49-52-45-19-9-10-20-46(45)53(49)37-12-2-1-3-13-37)31-44-48(40)54-47-21-11-8-18-43(47)50(44)41-16-6-4-14-38(41)39-15-5-7-17-42(39)50/h1-31H,51H2. The Hall–Kier alpha value is -6.62. The zero-order valence-corrected chi connectivity index (χ0v) is 30.1. The van der Waals surface area contributed by atoms with Gasteiger partial charge in [0, 0.05) is 26.7 Å². The van der Waals surface area contributed by atoms with Crippen molar-refractivity contribution in [1.29, 1.82) is 0 Å². The molecule has 54 heavy (non-hydrogen) atoms. The van der Waals surface area contributed by atoms with E-state index < -0.39 is 5.41 Å². The van der Waals surface area contributed by atoms with Crippen molar-refractivity contribution in [2.24, 2.45) is 0 Å². The summed E-state index contributed by atoms with van der Waals surface area (Å²) in [6, 6.07) is 68.0. The van der Waals surface area contributed by atoms with Gasteiger partial charge < -0.3 is 5.73 Å². The van der Waals surface area contributed by atoms with Gasteiger partial charge in [-0.25, -0.2) is 4.98 Å². The molecule has 4 heteroatoms. The van der Waals surface area contributed by atoms with Gasteiger partial charge in [-0.1, -0.05) is 145 Å². The van der Waals surface area contributed by atoms with Crippen LogP contribution in [-0.2, 0) is 5.41 Å². The van der Waals surface area contributed by atoms with E-state index in [1.165, 1.54) is 54.3 Å². The molecule has 2 N–H and O–H groups in total. The number of fused-ring (bicyclic) bond motifs is 10. The SMILES string of the molecule is Nc1ccc(-c2cc(-c3ccc(-c4nc5ccccc5n4-c4ccccc4)cc3)cc3c2Sc2ccccc2C32c3ccccc3-c3ccccc32)cc1. The molecule has 2 heterocycles. The van der Waals surface area contributed by atoms with Crippen LogP contribution in [-0.4, -0.2) is 9.55 Å². The van der Waals surface area contributed by atoms with Crippen molar-refractivity contribution < 1.29 is 0 Å². The van der Waals surface area contributed by atoms with E-state index in [1.54, 1.807) is 0 Å². The molecule has 0 saturated heterocycles. The van der Waals surface area contributed by atoms with E-state index >= 15 is 0 Å². The van der Waals surface area contributed by atoms with Gasteiger partial charge in [0.25, 0.3) is 0 Å². The van der Waals surface area contributed by atoms with Gasteiger partial charge in [-0.15, -0.1) is 0 Å². The van der Waals surface area contributed by atoms with Gasteiger partial charge in [-0.2, -0.15) is 0 Å². The molecular formula is C50H33N3S. The molecule has 3 nitrogen and oxygen atoms in total. The minimum absolute atomic E-state index is 0.483. The molecule has 1 spiro atoms. The minimum atomic E-state index is -0.483. The summed E-state index contributed by atoms with van der Waals surface area (Å²) in [7, 11) is 0. The van der Waals surface area contributed by atoms with E-state index in [1.807, 2.05) is 23.9 Å². The first-order valence-corrected chi connectivity index (χ1v) is 19.1. The summed E-state index contributed by atoms with van der Waals surface area (Å²) in [5, 5.41) is 0. The number of imidazole rings is 1. The van der Waals surface area contributed by atoms with Crippen LogP contribution < -0.4 is 5.73 Å². The smallest absolute Gasteiger partial charge is 0.145 e. The molecule has 0 fully saturated rings. The maximum absolute atomic E-state index is 6.25. The van der Waals surface area contributed by atoms with Gasteiger partial charge in [0.2, 0.25) is 0 Å². The van der Waals surface area contributed by atoms with Crippen molar-refractivity contribution in [1.82, 2.24) is 9.55 Å². The quantitative estimate of drug-likeness (QED) is 0.185. The van der Waals surface area contributed by atoms with E-state index in [2.05, 4.69) is 180 Å². The van der Waals surface area contributed by atoms with E-state index in [9.17, 15) is 0 Å². The molecule has 9 aromatic rings. The van der Waals surface area contributed by atoms with Gasteiger partial charge in [0.15, 0.2) is 0 Å². The average Bonchev–Trinajstić information content (AvgIpc) is 3.76. The topological polar surface area (TPSA) is 43.8 Å². The van der Waals surface area contributed by atoms with Crippen LogP contribution in [0.2, 0.25) is 0 Å². The fraction of sp³-hybridized carbons (Fsp3) is 0.0200. The Bertz CT molecular complexity index is 2860. The highest BCUT2D eigenvalue weighted by Gasteiger charge is 2.50. The van der Waals surface area contributed by atoms with Crippen molar-refractivity contribution in [3.8, 4) is 50.5 Å². The number of anilines is 1. The molecule has 0 unspecified atom stereocenters. The highest BCUT2D eigenvalue weighted by atomic mass is 32.2. The van der Waals surface area contributed by atoms with Crippen LogP contribution in [0.25, 0.3) is 61.5 Å². The zero-order valence-electron chi connectivity index (χ0n) is 29.3. The number of nitrogen functional groups attached to an aromatic ring is 1. The zero-order chi connectivity index (χ0) is 35.8. The third-order valence-electron chi connectivity index (χ3n) is 11.2. The summed E-state index contributed by atoms with van der Waals surface area (Å²) < 4.78 is 2.26. The van der Waals surface area contributed by atoms with E-state index in [0.717, 1.165) is 44.9 Å². The van der Waals surface area contributed by atoms with E-state index in [0.29, 0.717) is 0 Å². The lowest BCUT2D eigenvalue weighted by Crippen LogP contribution is -2.32. The Kier molecular flexibility index (Phi) is 6.85. The third-order valence-corrected chi connectivity index (χ3v) is 12.4. The monoisotopic (exact) mass is 707 g/mol. The van der Waals surface area contributed by atoms with Crippen LogP contribution in [0.5, 0.6) is 0 Å². The van der Waals surface area contributed by atoms with E-state index in [4.69, 9.17) is 10.7 Å². The van der Waals surface area contributed by atoms with Crippen molar-refractivity contribution in [2.75, 3.05) is 5.73 Å². The van der Waals surface area contributed by atoms with Crippen molar-refractivity contribution >= 4 is 28.5 Å². The van der Waals surface area contributed by atoms with Crippen LogP contribution in [0.4, 0.5) is 5.69 Å². The molecule has 0 radical (unpaired) electrons. The van der Waals surface area contributed by atoms with Gasteiger partial charge >= 0.3 is 0 Å². The summed E-state index contributed by atoms with van der Waals surface area (Å²) >= 11 is 1.88. The first-order valence-electron chi connectivity index (χ1n) is 18.3. The maximum Gasteiger partial charge on any atom is 0.145 e. The molecule has 1 aliphatic carbocycles. The maximum atomic E-state index is 6.25. The minimum Gasteiger partial charge on any atom is -0.399 e. The number of para-hydroxylation sites is 3. The molecule has 2 aliphatic rings. The summed E-state index contributed by atoms with van der Waals surface area (Å²) in [5.41, 5.74) is 23.3. The van der Waals surface area contributed by atoms with Crippen LogP contribution in [0.15, 0.2) is 198 Å². The normalized spacial score (nSPS) is 13.3. The van der Waals surface area contributed by atoms with Gasteiger partial charge in [0.1, 0.15) is 5.82 Å². The van der Waals surface area contributed by atoms with Crippen molar-refractivity contribution in [3.05, 3.63) is 210 Å². The average molecular weight is 708 g/mol. The molecule has 11 rings (SSSR count). The summed E-state index contributed by atoms with van der Waals surface area (Å²) in [4.78, 5) is 7.71. The molecule has 0 atom stereocenters. The van der Waals surface area contributed by atoms with Crippen molar-refractivity contribution in [2.45, 2.75) is 15.2 Å². The Morgan fingerprint density at radius 3 is 1.80 bits per heavy atom. The predicted octanol–water partition coefficient (Wildman–Crippen LogP) is 12.4. The van der Waals surface area contributed by atoms with Gasteiger partial charge in [-0.05, 0) is 110 Å². The number of hydrogen-bond donors (Lipinski definition) is 1. The van der Waals surface area contributed by atoms with Crippen LogP contribution in [0.1, 0.15) is 22.3 Å². The fourth-order valence-corrected chi connectivity index (χ4v) is 10.2. The Labute approximate surface area is 318 Å². The summed E-state index contributed by atoms with van der Waals surface area (Å²) in [6.45, 7) is 0. The Morgan fingerprint density at radius 2 is 1.06 bits per heavy atom. The highest BCUT2D eigenvalue weighted by molar-refractivity contribution is 7.99. The van der Waals surface area contributed by atoms with Crippen LogP contribution >= 0.6 is 11.8 Å². The number of rotatable bonds is 4. The highest BCUT2D eigenvalue weighted by Crippen LogP contribution is 2.63. The Morgan fingerprint density at radius 1 is 0.463 bits per heavy atom. The largest absolute Gasteiger partial charge is 0.399 e. The van der Waals surface area contributed by atoms with Crippen LogP contribution in [0, 0.1) is 0 Å². The Balaban J connectivity index is 1.16. The number of benzene rings is 8. The summed E-state index contributed by atoms with van der Waals surface area (Å²) in [5.74, 6) is 0.924. The van der Waals surface area contributed by atoms with Gasteiger partial charge in [-0.3, -0.25) is 4.57 Å². The number of nitrogens with two attached hydrogens (primary N) is 1. The molecule has 1 aromatic heterocycles. The van der Waals surface area contributed by atoms with Gasteiger partial charge in [0.05, 0.1) is 16.4 Å². The third kappa shape index (κ3) is 4.47. The fourth-order valence-electron chi connectivity index (χ4n) is 8.87. The molecule has 0 bridgehead atoms. The van der Waals surface area contributed by atoms with Crippen molar-refractivity contribution in [3.63, 3.8) is 0 Å². The second-order valence-corrected chi connectivity index (χ2v) is 15.2. The lowest BCUT2D eigenvalue weighted by atomic mass is 9.66. The van der Waals surface area contributed by atoms with Crippen LogP contribution in [0.3, 0.4) is 0 Å². The summed E-state index contributed by atoms with van der Waals surface area (Å²) in [6.07, 6.45) is 0. The molecule has 8 aromatic carbocycles. The molecular weight excluding hydrogens is 675 g/mol. The second kappa shape index (κ2) is 12.0. The number of aromatic nitrogens is 2. The first kappa shape index (κ1) is 31.0. The number of hydrogen-bond acceptors (Lipinski definition) is 3. The van der Waals surface area contributed by atoms with E-state index in [-0.39, 0.29) is 0 Å². The first-order chi connectivity index (χ1) is 26.7. The number of nitrogens with zero attached hydrogens (tertiary/aromatic N) is 2. The molecule has 254 valence electrons. The lowest BCUT2D eigenvalue weighted by Gasteiger charge is -2.40.